The van der Waals surface area contributed by atoms with Crippen LogP contribution in [0.4, 0.5) is 0 Å². The largest absolute Gasteiger partial charge is 0.463 e. The van der Waals surface area contributed by atoms with Crippen LogP contribution in [0.25, 0.3) is 0 Å². The van der Waals surface area contributed by atoms with Gasteiger partial charge in [0.25, 0.3) is 0 Å². The second-order valence-corrected chi connectivity index (χ2v) is 12.7. The highest BCUT2D eigenvalue weighted by molar-refractivity contribution is 5.77. The Labute approximate surface area is 289 Å². The van der Waals surface area contributed by atoms with Crippen molar-refractivity contribution < 1.29 is 57.9 Å². The molecule has 2 N–H and O–H groups in total. The normalized spacial score (nSPS) is 20.1. The summed E-state index contributed by atoms with van der Waals surface area (Å²) in [6.45, 7) is 5.39. The van der Waals surface area contributed by atoms with Crippen LogP contribution >= 0.6 is 0 Å². The van der Waals surface area contributed by atoms with Gasteiger partial charge in [0.05, 0.1) is 25.6 Å². The molecule has 1 aliphatic carbocycles. The third-order valence-electron chi connectivity index (χ3n) is 8.20. The molecular formula is C37H54O12. The molecule has 0 heterocycles. The number of carbonyl (C=O) groups is 5. The van der Waals surface area contributed by atoms with Gasteiger partial charge in [0.15, 0.2) is 0 Å². The van der Waals surface area contributed by atoms with Gasteiger partial charge in [-0.2, -0.15) is 0 Å². The van der Waals surface area contributed by atoms with Crippen LogP contribution in [-0.4, -0.2) is 83.8 Å². The van der Waals surface area contributed by atoms with E-state index in [1.165, 1.54) is 13.8 Å². The minimum atomic E-state index is -1.19. The zero-order valence-electron chi connectivity index (χ0n) is 29.3. The molecule has 1 aliphatic rings. The van der Waals surface area contributed by atoms with E-state index in [-0.39, 0.29) is 43.4 Å². The quantitative estimate of drug-likeness (QED) is 0.0754. The highest BCUT2D eigenvalue weighted by Crippen LogP contribution is 2.42. The topological polar surface area (TPSA) is 172 Å². The van der Waals surface area contributed by atoms with Gasteiger partial charge in [0.1, 0.15) is 31.0 Å². The smallest absolute Gasteiger partial charge is 0.306 e. The van der Waals surface area contributed by atoms with Crippen molar-refractivity contribution in [2.24, 2.45) is 11.8 Å². The van der Waals surface area contributed by atoms with Crippen LogP contribution < -0.4 is 0 Å². The number of esters is 5. The molecule has 0 aliphatic heterocycles. The summed E-state index contributed by atoms with van der Waals surface area (Å²) in [7, 11) is 0. The maximum Gasteiger partial charge on any atom is 0.306 e. The van der Waals surface area contributed by atoms with E-state index in [0.717, 1.165) is 5.56 Å². The van der Waals surface area contributed by atoms with Crippen LogP contribution in [0, 0.1) is 11.8 Å². The lowest BCUT2D eigenvalue weighted by Crippen LogP contribution is -2.28. The monoisotopic (exact) mass is 690 g/mol. The van der Waals surface area contributed by atoms with Crippen molar-refractivity contribution in [1.29, 1.82) is 0 Å². The molecule has 1 saturated carbocycles. The lowest BCUT2D eigenvalue weighted by molar-refractivity contribution is -0.155. The molecule has 12 nitrogen and oxygen atoms in total. The molecule has 6 atom stereocenters. The van der Waals surface area contributed by atoms with E-state index >= 15 is 0 Å². The van der Waals surface area contributed by atoms with Gasteiger partial charge < -0.3 is 33.9 Å². The maximum absolute atomic E-state index is 12.8. The number of allylic oxidation sites excluding steroid dienone is 2. The molecule has 0 spiro atoms. The lowest BCUT2D eigenvalue weighted by atomic mass is 9.85. The van der Waals surface area contributed by atoms with E-state index in [1.807, 2.05) is 56.3 Å². The minimum absolute atomic E-state index is 0.158. The molecule has 2 rings (SSSR count). The Balaban J connectivity index is 2.13. The number of ether oxygens (including phenoxy) is 5. The number of aliphatic hydroxyl groups excluding tert-OH is 2. The maximum atomic E-state index is 12.8. The van der Waals surface area contributed by atoms with E-state index in [4.69, 9.17) is 28.8 Å². The predicted octanol–water partition coefficient (Wildman–Crippen LogP) is 4.56. The number of aliphatic hydroxyl groups is 2. The number of hydrogen-bond donors (Lipinski definition) is 2. The van der Waals surface area contributed by atoms with Gasteiger partial charge in [-0.15, -0.1) is 0 Å². The van der Waals surface area contributed by atoms with Gasteiger partial charge in [0, 0.05) is 38.5 Å². The van der Waals surface area contributed by atoms with Gasteiger partial charge in [-0.25, -0.2) is 0 Å². The first kappa shape index (κ1) is 41.4. The zero-order chi connectivity index (χ0) is 36.2. The van der Waals surface area contributed by atoms with Gasteiger partial charge in [-0.05, 0) is 64.4 Å². The summed E-state index contributed by atoms with van der Waals surface area (Å²) in [5.74, 6) is -2.72. The fraction of sp³-hybridized carbons (Fsp3) is 0.649. The molecule has 0 saturated heterocycles. The Hall–Kier alpha value is -3.77. The van der Waals surface area contributed by atoms with Crippen molar-refractivity contribution in [3.63, 3.8) is 0 Å². The highest BCUT2D eigenvalue weighted by Gasteiger charge is 2.46. The number of carbonyl (C=O) groups excluding carboxylic acids is 5. The molecule has 0 radical (unpaired) electrons. The van der Waals surface area contributed by atoms with Gasteiger partial charge >= 0.3 is 29.8 Å². The van der Waals surface area contributed by atoms with Crippen molar-refractivity contribution in [3.8, 4) is 0 Å². The van der Waals surface area contributed by atoms with Crippen LogP contribution in [0.3, 0.4) is 0 Å². The third kappa shape index (κ3) is 17.5. The summed E-state index contributed by atoms with van der Waals surface area (Å²) in [5.41, 5.74) is 1.07. The van der Waals surface area contributed by atoms with Crippen molar-refractivity contribution in [2.45, 2.75) is 129 Å². The van der Waals surface area contributed by atoms with Crippen LogP contribution in [-0.2, 0) is 54.1 Å². The Morgan fingerprint density at radius 1 is 0.837 bits per heavy atom. The number of unbranched alkanes of at least 4 members (excludes halogenated alkanes) is 1. The lowest BCUT2D eigenvalue weighted by Gasteiger charge is -2.27. The summed E-state index contributed by atoms with van der Waals surface area (Å²) in [6, 6.07) is 9.76. The van der Waals surface area contributed by atoms with E-state index in [2.05, 4.69) is 0 Å². The van der Waals surface area contributed by atoms with Gasteiger partial charge in [-0.3, -0.25) is 24.0 Å². The van der Waals surface area contributed by atoms with Crippen molar-refractivity contribution in [2.75, 3.05) is 13.2 Å². The van der Waals surface area contributed by atoms with Crippen LogP contribution in [0.1, 0.15) is 97.5 Å². The molecule has 0 amide bonds. The van der Waals surface area contributed by atoms with E-state index in [0.29, 0.717) is 57.8 Å². The minimum Gasteiger partial charge on any atom is -0.463 e. The van der Waals surface area contributed by atoms with Crippen molar-refractivity contribution in [3.05, 3.63) is 48.0 Å². The number of benzene rings is 1. The van der Waals surface area contributed by atoms with E-state index < -0.39 is 54.9 Å². The molecule has 1 fully saturated rings. The fourth-order valence-corrected chi connectivity index (χ4v) is 5.99. The Morgan fingerprint density at radius 2 is 1.47 bits per heavy atom. The summed E-state index contributed by atoms with van der Waals surface area (Å²) in [4.78, 5) is 60.8. The molecule has 1 unspecified atom stereocenters. The second-order valence-electron chi connectivity index (χ2n) is 12.7. The van der Waals surface area contributed by atoms with E-state index in [9.17, 15) is 29.1 Å². The Kier molecular flexibility index (Phi) is 19.3. The fourth-order valence-electron chi connectivity index (χ4n) is 5.99. The van der Waals surface area contributed by atoms with Crippen LogP contribution in [0.2, 0.25) is 0 Å². The average molecular weight is 691 g/mol. The van der Waals surface area contributed by atoms with Gasteiger partial charge in [-0.1, -0.05) is 42.5 Å². The number of rotatable bonds is 22. The molecule has 12 heteroatoms. The third-order valence-corrected chi connectivity index (χ3v) is 8.20. The molecule has 0 aromatic heterocycles. The van der Waals surface area contributed by atoms with Crippen LogP contribution in [0.15, 0.2) is 42.5 Å². The van der Waals surface area contributed by atoms with Crippen molar-refractivity contribution >= 4 is 29.8 Å². The highest BCUT2D eigenvalue weighted by atomic mass is 16.6. The first-order valence-corrected chi connectivity index (χ1v) is 17.2. The zero-order valence-corrected chi connectivity index (χ0v) is 29.3. The predicted molar refractivity (Wildman–Crippen MR) is 179 cm³/mol. The second kappa shape index (κ2) is 22.8. The molecule has 1 aromatic carbocycles. The first-order chi connectivity index (χ1) is 23.4. The number of aryl methyl sites for hydroxylation is 1. The van der Waals surface area contributed by atoms with Crippen molar-refractivity contribution in [1.82, 2.24) is 0 Å². The number of hydrogen-bond acceptors (Lipinski definition) is 12. The summed E-state index contributed by atoms with van der Waals surface area (Å²) < 4.78 is 27.4. The summed E-state index contributed by atoms with van der Waals surface area (Å²) >= 11 is 0. The van der Waals surface area contributed by atoms with E-state index in [1.54, 1.807) is 0 Å². The molecule has 49 heavy (non-hydrogen) atoms. The molecule has 274 valence electrons. The Morgan fingerprint density at radius 3 is 2.10 bits per heavy atom. The summed E-state index contributed by atoms with van der Waals surface area (Å²) in [5, 5.41) is 18.3. The summed E-state index contributed by atoms with van der Waals surface area (Å²) in [6.07, 6.45) is 5.36. The average Bonchev–Trinajstić information content (AvgIpc) is 3.35. The molecular weight excluding hydrogens is 636 g/mol. The molecule has 0 bridgehead atoms. The van der Waals surface area contributed by atoms with Crippen LogP contribution in [0.5, 0.6) is 0 Å². The SMILES string of the molecule is CC(=O)O[C@H]1C[C@@H](OC(C)=O)[C@H](CC[C@H](CCc2ccccc2)OC(=O)CCC(=O)OCC(O)CO)[C@H]1CC=CCCCC(=O)OC(C)C. The van der Waals surface area contributed by atoms with Gasteiger partial charge in [0.2, 0.25) is 0 Å². The first-order valence-electron chi connectivity index (χ1n) is 17.2. The molecule has 1 aromatic rings. The Bertz CT molecular complexity index is 1200. The standard InChI is InChI=1S/C37H54O12/c1-25(2)46-36(43)15-11-6-5-10-14-31-32(34(48-27(4)40)22-33(31)47-26(3)39)19-18-30(17-16-28-12-8-7-9-13-28)49-37(44)21-20-35(42)45-24-29(41)23-38/h5,7-10,12-13,25,29-34,38,41H,6,11,14-24H2,1-4H3/t29?,30-,31+,32+,33-,34+/m0/s1.